The Hall–Kier alpha value is -1.92. The van der Waals surface area contributed by atoms with Gasteiger partial charge in [-0.05, 0) is 36.4 Å². The van der Waals surface area contributed by atoms with E-state index < -0.39 is 0 Å². The molecule has 0 aliphatic carbocycles. The number of fused-ring (bicyclic) bond motifs is 1. The van der Waals surface area contributed by atoms with Gasteiger partial charge in [0, 0.05) is 10.5 Å². The summed E-state index contributed by atoms with van der Waals surface area (Å²) in [7, 11) is 0. The Balaban J connectivity index is 1.74. The van der Waals surface area contributed by atoms with E-state index in [1.165, 1.54) is 17.4 Å². The minimum Gasteiger partial charge on any atom is -0.465 e. The fourth-order valence-electron chi connectivity index (χ4n) is 1.64. The number of amides is 1. The maximum absolute atomic E-state index is 11.8. The van der Waals surface area contributed by atoms with Crippen LogP contribution in [0.15, 0.2) is 51.6 Å². The van der Waals surface area contributed by atoms with Gasteiger partial charge < -0.3 is 4.42 Å². The van der Waals surface area contributed by atoms with Gasteiger partial charge in [0.2, 0.25) is 5.91 Å². The van der Waals surface area contributed by atoms with Crippen molar-refractivity contribution in [1.29, 1.82) is 0 Å². The first-order valence-corrected chi connectivity index (χ1v) is 7.40. The SMILES string of the molecule is O=C(C=Cc1ccco1)Nc1nc2ccc(Br)cc2s1. The van der Waals surface area contributed by atoms with Crippen LogP contribution in [0, 0.1) is 0 Å². The number of hydrogen-bond donors (Lipinski definition) is 1. The quantitative estimate of drug-likeness (QED) is 0.717. The van der Waals surface area contributed by atoms with Crippen molar-refractivity contribution in [2.75, 3.05) is 5.32 Å². The minimum atomic E-state index is -0.237. The molecular weight excluding hydrogens is 340 g/mol. The maximum Gasteiger partial charge on any atom is 0.250 e. The highest BCUT2D eigenvalue weighted by molar-refractivity contribution is 9.10. The highest BCUT2D eigenvalue weighted by Crippen LogP contribution is 2.28. The van der Waals surface area contributed by atoms with Crippen molar-refractivity contribution in [3.63, 3.8) is 0 Å². The molecule has 6 heteroatoms. The lowest BCUT2D eigenvalue weighted by molar-refractivity contribution is -0.111. The van der Waals surface area contributed by atoms with E-state index in [1.807, 2.05) is 18.2 Å². The molecule has 3 aromatic rings. The lowest BCUT2D eigenvalue weighted by Crippen LogP contribution is -2.07. The summed E-state index contributed by atoms with van der Waals surface area (Å²) < 4.78 is 7.12. The smallest absolute Gasteiger partial charge is 0.250 e. The van der Waals surface area contributed by atoms with Gasteiger partial charge >= 0.3 is 0 Å². The van der Waals surface area contributed by atoms with Gasteiger partial charge in [-0.2, -0.15) is 0 Å². The summed E-state index contributed by atoms with van der Waals surface area (Å²) in [5, 5.41) is 3.31. The Kier molecular flexibility index (Phi) is 3.66. The Morgan fingerprint density at radius 3 is 3.10 bits per heavy atom. The molecule has 4 nitrogen and oxygen atoms in total. The first-order chi connectivity index (χ1) is 9.70. The number of furan rings is 1. The molecule has 20 heavy (non-hydrogen) atoms. The summed E-state index contributed by atoms with van der Waals surface area (Å²) in [6.45, 7) is 0. The number of hydrogen-bond acceptors (Lipinski definition) is 4. The third-order valence-corrected chi connectivity index (χ3v) is 3.95. The molecule has 1 amide bonds. The van der Waals surface area contributed by atoms with Gasteiger partial charge in [0.1, 0.15) is 5.76 Å². The number of halogens is 1. The molecular formula is C14H9BrN2O2S. The molecule has 2 aromatic heterocycles. The maximum atomic E-state index is 11.8. The van der Waals surface area contributed by atoms with E-state index in [0.717, 1.165) is 14.7 Å². The van der Waals surface area contributed by atoms with Gasteiger partial charge in [-0.3, -0.25) is 10.1 Å². The molecule has 3 rings (SSSR count). The standard InChI is InChI=1S/C14H9BrN2O2S/c15-9-3-5-11-12(8-9)20-14(16-11)17-13(18)6-4-10-2-1-7-19-10/h1-8H,(H,16,17,18). The third kappa shape index (κ3) is 2.97. The van der Waals surface area contributed by atoms with Crippen LogP contribution in [-0.4, -0.2) is 10.9 Å². The Bertz CT molecular complexity index is 778. The van der Waals surface area contributed by atoms with E-state index in [-0.39, 0.29) is 5.91 Å². The molecule has 1 aromatic carbocycles. The van der Waals surface area contributed by atoms with E-state index in [0.29, 0.717) is 10.9 Å². The second kappa shape index (κ2) is 5.60. The average Bonchev–Trinajstić information content (AvgIpc) is 3.04. The fourth-order valence-corrected chi connectivity index (χ4v) is 3.06. The predicted molar refractivity (Wildman–Crippen MR) is 83.7 cm³/mol. The lowest BCUT2D eigenvalue weighted by atomic mass is 10.3. The Morgan fingerprint density at radius 2 is 2.30 bits per heavy atom. The molecule has 0 saturated carbocycles. The molecule has 0 aliphatic rings. The van der Waals surface area contributed by atoms with Crippen LogP contribution >= 0.6 is 27.3 Å². The number of rotatable bonds is 3. The molecule has 0 unspecified atom stereocenters. The van der Waals surface area contributed by atoms with Crippen LogP contribution in [0.5, 0.6) is 0 Å². The van der Waals surface area contributed by atoms with Crippen LogP contribution in [0.3, 0.4) is 0 Å². The number of aromatic nitrogens is 1. The molecule has 100 valence electrons. The normalized spacial score (nSPS) is 11.2. The molecule has 0 aliphatic heterocycles. The van der Waals surface area contributed by atoms with Crippen molar-refractivity contribution in [3.8, 4) is 0 Å². The zero-order valence-electron chi connectivity index (χ0n) is 10.2. The topological polar surface area (TPSA) is 55.1 Å². The van der Waals surface area contributed by atoms with Crippen molar-refractivity contribution in [1.82, 2.24) is 4.98 Å². The molecule has 0 atom stereocenters. The first-order valence-electron chi connectivity index (χ1n) is 5.79. The third-order valence-electron chi connectivity index (χ3n) is 2.52. The van der Waals surface area contributed by atoms with E-state index >= 15 is 0 Å². The van der Waals surface area contributed by atoms with E-state index in [4.69, 9.17) is 4.42 Å². The monoisotopic (exact) mass is 348 g/mol. The first kappa shape index (κ1) is 13.1. The molecule has 0 bridgehead atoms. The molecule has 0 radical (unpaired) electrons. The Labute approximate surface area is 127 Å². The molecule has 1 N–H and O–H groups in total. The number of benzene rings is 1. The summed E-state index contributed by atoms with van der Waals surface area (Å²) in [6, 6.07) is 9.35. The predicted octanol–water partition coefficient (Wildman–Crippen LogP) is 4.30. The van der Waals surface area contributed by atoms with Gasteiger partial charge in [0.05, 0.1) is 16.5 Å². The number of anilines is 1. The van der Waals surface area contributed by atoms with Crippen LogP contribution in [-0.2, 0) is 4.79 Å². The highest BCUT2D eigenvalue weighted by atomic mass is 79.9. The van der Waals surface area contributed by atoms with Crippen LogP contribution in [0.4, 0.5) is 5.13 Å². The average molecular weight is 349 g/mol. The fraction of sp³-hybridized carbons (Fsp3) is 0. The van der Waals surface area contributed by atoms with Crippen LogP contribution < -0.4 is 5.32 Å². The zero-order chi connectivity index (χ0) is 13.9. The summed E-state index contributed by atoms with van der Waals surface area (Å²) in [5.74, 6) is 0.396. The van der Waals surface area contributed by atoms with Crippen molar-refractivity contribution < 1.29 is 9.21 Å². The number of carbonyl (C=O) groups excluding carboxylic acids is 1. The van der Waals surface area contributed by atoms with Crippen LogP contribution in [0.2, 0.25) is 0 Å². The van der Waals surface area contributed by atoms with Crippen LogP contribution in [0.25, 0.3) is 16.3 Å². The number of nitrogens with zero attached hydrogens (tertiary/aromatic N) is 1. The van der Waals surface area contributed by atoms with Crippen molar-refractivity contribution in [2.45, 2.75) is 0 Å². The minimum absolute atomic E-state index is 0.237. The van der Waals surface area contributed by atoms with Gasteiger partial charge in [0.25, 0.3) is 0 Å². The van der Waals surface area contributed by atoms with Gasteiger partial charge in [0.15, 0.2) is 5.13 Å². The summed E-state index contributed by atoms with van der Waals surface area (Å²) in [5.41, 5.74) is 0.864. The second-order valence-corrected chi connectivity index (χ2v) is 5.92. The second-order valence-electron chi connectivity index (χ2n) is 3.97. The Morgan fingerprint density at radius 1 is 1.40 bits per heavy atom. The highest BCUT2D eigenvalue weighted by Gasteiger charge is 2.06. The van der Waals surface area contributed by atoms with Crippen LogP contribution in [0.1, 0.15) is 5.76 Å². The zero-order valence-corrected chi connectivity index (χ0v) is 12.6. The largest absolute Gasteiger partial charge is 0.465 e. The number of nitrogens with one attached hydrogen (secondary N) is 1. The van der Waals surface area contributed by atoms with E-state index in [1.54, 1.807) is 24.5 Å². The summed E-state index contributed by atoms with van der Waals surface area (Å²) in [6.07, 6.45) is 4.59. The summed E-state index contributed by atoms with van der Waals surface area (Å²) >= 11 is 4.84. The summed E-state index contributed by atoms with van der Waals surface area (Å²) in [4.78, 5) is 16.1. The number of carbonyl (C=O) groups is 1. The molecule has 0 saturated heterocycles. The van der Waals surface area contributed by atoms with Gasteiger partial charge in [-0.25, -0.2) is 4.98 Å². The van der Waals surface area contributed by atoms with E-state index in [2.05, 4.69) is 26.2 Å². The van der Waals surface area contributed by atoms with E-state index in [9.17, 15) is 4.79 Å². The number of thiazole rings is 1. The molecule has 0 fully saturated rings. The molecule has 2 heterocycles. The van der Waals surface area contributed by atoms with Crippen molar-refractivity contribution >= 4 is 54.6 Å². The van der Waals surface area contributed by atoms with Gasteiger partial charge in [-0.1, -0.05) is 27.3 Å². The van der Waals surface area contributed by atoms with Gasteiger partial charge in [-0.15, -0.1) is 0 Å². The molecule has 0 spiro atoms. The van der Waals surface area contributed by atoms with Crippen molar-refractivity contribution in [2.24, 2.45) is 0 Å². The van der Waals surface area contributed by atoms with Crippen molar-refractivity contribution in [3.05, 3.63) is 52.9 Å². The lowest BCUT2D eigenvalue weighted by Gasteiger charge is -1.94.